The normalized spacial score (nSPS) is 21.9. The maximum Gasteiger partial charge on any atom is 0.0504 e. The molecular formula is C17H16O. The van der Waals surface area contributed by atoms with E-state index in [1.54, 1.807) is 0 Å². The van der Waals surface area contributed by atoms with Crippen LogP contribution >= 0.6 is 0 Å². The molecule has 1 nitrogen and oxygen atoms in total. The lowest BCUT2D eigenvalue weighted by atomic mass is 9.84. The predicted octanol–water partition coefficient (Wildman–Crippen LogP) is 3.84. The molecule has 0 amide bonds. The van der Waals surface area contributed by atoms with Gasteiger partial charge in [-0.3, -0.25) is 0 Å². The fraction of sp³-hybridized carbons (Fsp3) is 0.294. The van der Waals surface area contributed by atoms with E-state index in [1.807, 2.05) is 0 Å². The van der Waals surface area contributed by atoms with Gasteiger partial charge in [-0.25, -0.2) is 0 Å². The largest absolute Gasteiger partial charge is 0.381 e. The Kier molecular flexibility index (Phi) is 2.27. The van der Waals surface area contributed by atoms with Gasteiger partial charge in [0.25, 0.3) is 0 Å². The monoisotopic (exact) mass is 236 g/mol. The highest BCUT2D eigenvalue weighted by Crippen LogP contribution is 2.49. The number of ether oxygens (including phenoxy) is 1. The molecule has 18 heavy (non-hydrogen) atoms. The van der Waals surface area contributed by atoms with Crippen LogP contribution in [0.3, 0.4) is 0 Å². The molecule has 1 heteroatoms. The molecule has 0 N–H and O–H groups in total. The first-order valence-electron chi connectivity index (χ1n) is 6.71. The molecule has 0 radical (unpaired) electrons. The van der Waals surface area contributed by atoms with Gasteiger partial charge in [-0.05, 0) is 34.6 Å². The van der Waals surface area contributed by atoms with Crippen LogP contribution in [-0.4, -0.2) is 13.2 Å². The highest BCUT2D eigenvalue weighted by molar-refractivity contribution is 5.78. The van der Waals surface area contributed by atoms with Gasteiger partial charge in [-0.1, -0.05) is 48.5 Å². The number of rotatable bonds is 1. The van der Waals surface area contributed by atoms with Crippen molar-refractivity contribution in [2.75, 3.05) is 13.2 Å². The van der Waals surface area contributed by atoms with Crippen molar-refractivity contribution < 1.29 is 4.74 Å². The minimum Gasteiger partial charge on any atom is -0.381 e. The highest BCUT2D eigenvalue weighted by Gasteiger charge is 2.35. The summed E-state index contributed by atoms with van der Waals surface area (Å²) in [6, 6.07) is 17.7. The molecule has 1 aliphatic carbocycles. The Hall–Kier alpha value is -1.60. The summed E-state index contributed by atoms with van der Waals surface area (Å²) >= 11 is 0. The zero-order valence-corrected chi connectivity index (χ0v) is 10.3. The average Bonchev–Trinajstić information content (AvgIpc) is 3.03. The van der Waals surface area contributed by atoms with Crippen molar-refractivity contribution in [1.29, 1.82) is 0 Å². The SMILES string of the molecule is c1ccc2c(c1)-c1ccccc1C2[C@H]1CCOC1. The second-order valence-electron chi connectivity index (χ2n) is 5.28. The molecule has 1 saturated heterocycles. The van der Waals surface area contributed by atoms with Gasteiger partial charge in [0.2, 0.25) is 0 Å². The van der Waals surface area contributed by atoms with E-state index < -0.39 is 0 Å². The molecule has 2 aliphatic rings. The van der Waals surface area contributed by atoms with Crippen molar-refractivity contribution in [3.63, 3.8) is 0 Å². The Morgan fingerprint density at radius 2 is 1.44 bits per heavy atom. The van der Waals surface area contributed by atoms with Gasteiger partial charge in [-0.15, -0.1) is 0 Å². The van der Waals surface area contributed by atoms with Crippen LogP contribution in [0.1, 0.15) is 23.5 Å². The van der Waals surface area contributed by atoms with Gasteiger partial charge in [0, 0.05) is 12.5 Å². The van der Waals surface area contributed by atoms with Crippen molar-refractivity contribution in [3.05, 3.63) is 59.7 Å². The molecule has 0 saturated carbocycles. The van der Waals surface area contributed by atoms with Crippen LogP contribution in [0.25, 0.3) is 11.1 Å². The Morgan fingerprint density at radius 1 is 0.833 bits per heavy atom. The second-order valence-corrected chi connectivity index (χ2v) is 5.28. The molecule has 0 aromatic heterocycles. The third-order valence-corrected chi connectivity index (χ3v) is 4.32. The van der Waals surface area contributed by atoms with Crippen molar-refractivity contribution in [2.24, 2.45) is 5.92 Å². The van der Waals surface area contributed by atoms with E-state index in [1.165, 1.54) is 28.7 Å². The molecule has 2 aromatic carbocycles. The smallest absolute Gasteiger partial charge is 0.0504 e. The van der Waals surface area contributed by atoms with Crippen LogP contribution in [-0.2, 0) is 4.74 Å². The lowest BCUT2D eigenvalue weighted by molar-refractivity contribution is 0.183. The molecule has 0 spiro atoms. The third kappa shape index (κ3) is 1.37. The molecule has 1 atom stereocenters. The zero-order valence-electron chi connectivity index (χ0n) is 10.3. The van der Waals surface area contributed by atoms with E-state index in [2.05, 4.69) is 48.5 Å². The molecule has 1 fully saturated rings. The van der Waals surface area contributed by atoms with Crippen molar-refractivity contribution in [3.8, 4) is 11.1 Å². The van der Waals surface area contributed by atoms with Gasteiger partial charge in [0.15, 0.2) is 0 Å². The fourth-order valence-corrected chi connectivity index (χ4v) is 3.52. The Balaban J connectivity index is 1.92. The van der Waals surface area contributed by atoms with Crippen LogP contribution in [0.4, 0.5) is 0 Å². The van der Waals surface area contributed by atoms with E-state index >= 15 is 0 Å². The highest BCUT2D eigenvalue weighted by atomic mass is 16.5. The molecule has 90 valence electrons. The van der Waals surface area contributed by atoms with E-state index in [9.17, 15) is 0 Å². The lowest BCUT2D eigenvalue weighted by Gasteiger charge is -2.19. The van der Waals surface area contributed by atoms with Crippen molar-refractivity contribution >= 4 is 0 Å². The number of hydrogen-bond donors (Lipinski definition) is 0. The summed E-state index contributed by atoms with van der Waals surface area (Å²) in [4.78, 5) is 0. The van der Waals surface area contributed by atoms with Gasteiger partial charge < -0.3 is 4.74 Å². The van der Waals surface area contributed by atoms with Crippen LogP contribution in [0.2, 0.25) is 0 Å². The maximum absolute atomic E-state index is 5.60. The standard InChI is InChI=1S/C17H16O/c1-3-7-15-13(5-1)14-6-2-4-8-16(14)17(15)12-9-10-18-11-12/h1-8,12,17H,9-11H2/t12-/m0/s1. The molecule has 1 aliphatic heterocycles. The first-order chi connectivity index (χ1) is 8.95. The molecule has 2 aromatic rings. The van der Waals surface area contributed by atoms with E-state index in [-0.39, 0.29) is 0 Å². The molecule has 0 bridgehead atoms. The summed E-state index contributed by atoms with van der Waals surface area (Å²) in [5, 5.41) is 0. The molecule has 4 rings (SSSR count). The maximum atomic E-state index is 5.60. The predicted molar refractivity (Wildman–Crippen MR) is 72.6 cm³/mol. The first kappa shape index (κ1) is 10.3. The van der Waals surface area contributed by atoms with Gasteiger partial charge >= 0.3 is 0 Å². The Morgan fingerprint density at radius 3 is 2.00 bits per heavy atom. The average molecular weight is 236 g/mol. The zero-order chi connectivity index (χ0) is 11.9. The van der Waals surface area contributed by atoms with Crippen LogP contribution in [0.5, 0.6) is 0 Å². The first-order valence-corrected chi connectivity index (χ1v) is 6.71. The molecule has 0 unspecified atom stereocenters. The van der Waals surface area contributed by atoms with Gasteiger partial charge in [0.1, 0.15) is 0 Å². The molecule has 1 heterocycles. The summed E-state index contributed by atoms with van der Waals surface area (Å²) in [7, 11) is 0. The number of fused-ring (bicyclic) bond motifs is 3. The minimum absolute atomic E-state index is 0.542. The van der Waals surface area contributed by atoms with Crippen LogP contribution in [0.15, 0.2) is 48.5 Å². The lowest BCUT2D eigenvalue weighted by Crippen LogP contribution is -2.11. The third-order valence-electron chi connectivity index (χ3n) is 4.32. The summed E-state index contributed by atoms with van der Waals surface area (Å²) in [5.74, 6) is 1.19. The summed E-state index contributed by atoms with van der Waals surface area (Å²) in [5.41, 5.74) is 5.83. The topological polar surface area (TPSA) is 9.23 Å². The minimum atomic E-state index is 0.542. The van der Waals surface area contributed by atoms with E-state index in [0.29, 0.717) is 11.8 Å². The Labute approximate surface area is 107 Å². The van der Waals surface area contributed by atoms with Crippen LogP contribution < -0.4 is 0 Å². The number of hydrogen-bond acceptors (Lipinski definition) is 1. The van der Waals surface area contributed by atoms with Gasteiger partial charge in [-0.2, -0.15) is 0 Å². The molecular weight excluding hydrogens is 220 g/mol. The quantitative estimate of drug-likeness (QED) is 0.731. The fourth-order valence-electron chi connectivity index (χ4n) is 3.52. The summed E-state index contributed by atoms with van der Waals surface area (Å²) < 4.78 is 5.60. The second kappa shape index (κ2) is 3.96. The van der Waals surface area contributed by atoms with Gasteiger partial charge in [0.05, 0.1) is 6.61 Å². The summed E-state index contributed by atoms with van der Waals surface area (Å²) in [6.07, 6.45) is 1.19. The summed E-state index contributed by atoms with van der Waals surface area (Å²) in [6.45, 7) is 1.83. The Bertz CT molecular complexity index is 536. The van der Waals surface area contributed by atoms with Crippen molar-refractivity contribution in [1.82, 2.24) is 0 Å². The van der Waals surface area contributed by atoms with Crippen LogP contribution in [0, 0.1) is 5.92 Å². The number of benzene rings is 2. The van der Waals surface area contributed by atoms with E-state index in [4.69, 9.17) is 4.74 Å². The van der Waals surface area contributed by atoms with Crippen molar-refractivity contribution in [2.45, 2.75) is 12.3 Å². The van der Waals surface area contributed by atoms with E-state index in [0.717, 1.165) is 13.2 Å².